The summed E-state index contributed by atoms with van der Waals surface area (Å²) in [7, 11) is 0. The number of anilines is 1. The van der Waals surface area contributed by atoms with Gasteiger partial charge in [-0.3, -0.25) is 14.9 Å². The molecule has 0 radical (unpaired) electrons. The number of rotatable bonds is 6. The maximum Gasteiger partial charge on any atom is 0.335 e. The normalized spacial score (nSPS) is 15.3. The largest absolute Gasteiger partial charge is 0.490 e. The van der Waals surface area contributed by atoms with Crippen LogP contribution in [0.2, 0.25) is 5.02 Å². The van der Waals surface area contributed by atoms with E-state index >= 15 is 0 Å². The van der Waals surface area contributed by atoms with Crippen molar-refractivity contribution in [3.63, 3.8) is 0 Å². The number of hydrogen-bond acceptors (Lipinski definition) is 5. The quantitative estimate of drug-likeness (QED) is 0.445. The van der Waals surface area contributed by atoms with Crippen LogP contribution in [0.25, 0.3) is 6.08 Å². The second-order valence-corrected chi connectivity index (χ2v) is 7.91. The van der Waals surface area contributed by atoms with Crippen molar-refractivity contribution < 1.29 is 23.9 Å². The fourth-order valence-electron chi connectivity index (χ4n) is 3.13. The molecule has 2 aromatic carbocycles. The summed E-state index contributed by atoms with van der Waals surface area (Å²) in [4.78, 5) is 39.0. The minimum Gasteiger partial charge on any atom is -0.490 e. The third-order valence-electron chi connectivity index (χ3n) is 4.43. The summed E-state index contributed by atoms with van der Waals surface area (Å²) in [6, 6.07) is 7.50. The summed E-state index contributed by atoms with van der Waals surface area (Å²) in [6.07, 6.45) is 1.37. The van der Waals surface area contributed by atoms with Gasteiger partial charge in [-0.05, 0) is 68.3 Å². The van der Waals surface area contributed by atoms with E-state index in [0.29, 0.717) is 41.5 Å². The molecule has 9 heteroatoms. The van der Waals surface area contributed by atoms with E-state index in [4.69, 9.17) is 21.1 Å². The van der Waals surface area contributed by atoms with E-state index in [9.17, 15) is 14.4 Å². The minimum absolute atomic E-state index is 0.204. The number of urea groups is 1. The number of aryl methyl sites for hydroxylation is 1. The Labute approximate surface area is 193 Å². The van der Waals surface area contributed by atoms with Crippen LogP contribution < -0.4 is 19.7 Å². The molecule has 0 spiro atoms. The molecule has 1 aliphatic heterocycles. The Hall–Kier alpha value is -2.84. The zero-order chi connectivity index (χ0) is 22.7. The van der Waals surface area contributed by atoms with Gasteiger partial charge in [-0.1, -0.05) is 27.5 Å². The highest BCUT2D eigenvalue weighted by Crippen LogP contribution is 2.37. The molecule has 0 aliphatic carbocycles. The molecule has 162 valence electrons. The number of nitrogens with one attached hydrogen (secondary N) is 1. The highest BCUT2D eigenvalue weighted by atomic mass is 79.9. The van der Waals surface area contributed by atoms with Crippen LogP contribution in [0, 0.1) is 6.92 Å². The number of halogens is 2. The molecule has 2 aromatic rings. The standard InChI is InChI=1S/C22H20BrClN2O5/c1-4-30-18-11-13(10-16(24)19(18)31-5-2)9-15-20(27)25-22(29)26(21(15)28)17-7-6-14(23)8-12(17)3/h6-11H,4-5H2,1-3H3,(H,25,27,29)/b15-9-. The van der Waals surface area contributed by atoms with Crippen molar-refractivity contribution in [3.8, 4) is 11.5 Å². The lowest BCUT2D eigenvalue weighted by molar-refractivity contribution is -0.122. The number of hydrogen-bond donors (Lipinski definition) is 1. The third kappa shape index (κ3) is 4.75. The van der Waals surface area contributed by atoms with Gasteiger partial charge in [0.2, 0.25) is 0 Å². The van der Waals surface area contributed by atoms with Gasteiger partial charge in [0.25, 0.3) is 11.8 Å². The molecule has 4 amide bonds. The molecule has 7 nitrogen and oxygen atoms in total. The van der Waals surface area contributed by atoms with E-state index in [0.717, 1.165) is 9.37 Å². The van der Waals surface area contributed by atoms with Crippen LogP contribution in [-0.2, 0) is 9.59 Å². The van der Waals surface area contributed by atoms with Gasteiger partial charge in [-0.25, -0.2) is 9.69 Å². The van der Waals surface area contributed by atoms with Crippen LogP contribution >= 0.6 is 27.5 Å². The van der Waals surface area contributed by atoms with E-state index in [1.807, 2.05) is 13.8 Å². The predicted molar refractivity (Wildman–Crippen MR) is 122 cm³/mol. The number of imide groups is 2. The summed E-state index contributed by atoms with van der Waals surface area (Å²) in [5.41, 5.74) is 1.32. The van der Waals surface area contributed by atoms with Crippen molar-refractivity contribution in [2.45, 2.75) is 20.8 Å². The Morgan fingerprint density at radius 2 is 1.81 bits per heavy atom. The molecule has 0 unspecified atom stereocenters. The first kappa shape index (κ1) is 22.8. The number of carbonyl (C=O) groups is 3. The number of carbonyl (C=O) groups excluding carboxylic acids is 3. The monoisotopic (exact) mass is 506 g/mol. The smallest absolute Gasteiger partial charge is 0.335 e. The van der Waals surface area contributed by atoms with Crippen molar-refractivity contribution in [1.82, 2.24) is 5.32 Å². The van der Waals surface area contributed by atoms with Crippen LogP contribution in [0.15, 0.2) is 40.4 Å². The van der Waals surface area contributed by atoms with Gasteiger partial charge in [-0.2, -0.15) is 0 Å². The Bertz CT molecular complexity index is 1100. The number of barbiturate groups is 1. The van der Waals surface area contributed by atoms with Crippen LogP contribution in [-0.4, -0.2) is 31.1 Å². The molecular weight excluding hydrogens is 488 g/mol. The van der Waals surface area contributed by atoms with E-state index in [2.05, 4.69) is 21.2 Å². The van der Waals surface area contributed by atoms with Crippen LogP contribution in [0.5, 0.6) is 11.5 Å². The fourth-order valence-corrected chi connectivity index (χ4v) is 3.88. The molecule has 3 rings (SSSR count). The molecule has 0 saturated carbocycles. The van der Waals surface area contributed by atoms with Gasteiger partial charge >= 0.3 is 6.03 Å². The molecule has 1 heterocycles. The van der Waals surface area contributed by atoms with Gasteiger partial charge in [-0.15, -0.1) is 0 Å². The highest BCUT2D eigenvalue weighted by Gasteiger charge is 2.37. The lowest BCUT2D eigenvalue weighted by Crippen LogP contribution is -2.54. The summed E-state index contributed by atoms with van der Waals surface area (Å²) in [6.45, 7) is 6.17. The SMILES string of the molecule is CCOc1cc(/C=C2/C(=O)NC(=O)N(c3ccc(Br)cc3C)C2=O)cc(Cl)c1OCC. The van der Waals surface area contributed by atoms with E-state index in [1.165, 1.54) is 6.08 Å². The number of benzene rings is 2. The van der Waals surface area contributed by atoms with Gasteiger partial charge in [0.1, 0.15) is 5.57 Å². The van der Waals surface area contributed by atoms with E-state index in [1.54, 1.807) is 37.3 Å². The molecule has 1 fully saturated rings. The van der Waals surface area contributed by atoms with Crippen molar-refractivity contribution in [2.75, 3.05) is 18.1 Å². The Morgan fingerprint density at radius 3 is 2.45 bits per heavy atom. The van der Waals surface area contributed by atoms with Crippen molar-refractivity contribution in [1.29, 1.82) is 0 Å². The summed E-state index contributed by atoms with van der Waals surface area (Å²) in [5.74, 6) is -0.745. The first-order valence-electron chi connectivity index (χ1n) is 9.53. The van der Waals surface area contributed by atoms with E-state index < -0.39 is 17.8 Å². The third-order valence-corrected chi connectivity index (χ3v) is 5.21. The number of amides is 4. The van der Waals surface area contributed by atoms with Crippen LogP contribution in [0.3, 0.4) is 0 Å². The second-order valence-electron chi connectivity index (χ2n) is 6.58. The van der Waals surface area contributed by atoms with Crippen LogP contribution in [0.1, 0.15) is 25.0 Å². The Balaban J connectivity index is 2.06. The van der Waals surface area contributed by atoms with Gasteiger partial charge in [0.15, 0.2) is 11.5 Å². The number of nitrogens with zero attached hydrogens (tertiary/aromatic N) is 1. The molecule has 1 saturated heterocycles. The maximum atomic E-state index is 13.1. The first-order valence-corrected chi connectivity index (χ1v) is 10.7. The molecule has 0 bridgehead atoms. The van der Waals surface area contributed by atoms with Gasteiger partial charge in [0.05, 0.1) is 23.9 Å². The van der Waals surface area contributed by atoms with Gasteiger partial charge < -0.3 is 9.47 Å². The predicted octanol–water partition coefficient (Wildman–Crippen LogP) is 4.87. The highest BCUT2D eigenvalue weighted by molar-refractivity contribution is 9.10. The van der Waals surface area contributed by atoms with Crippen molar-refractivity contribution in [3.05, 3.63) is 56.5 Å². The van der Waals surface area contributed by atoms with Crippen molar-refractivity contribution in [2.24, 2.45) is 0 Å². The Kier molecular flexibility index (Phi) is 7.02. The van der Waals surface area contributed by atoms with Crippen LogP contribution in [0.4, 0.5) is 10.5 Å². The van der Waals surface area contributed by atoms with Crippen molar-refractivity contribution >= 4 is 57.1 Å². The molecule has 31 heavy (non-hydrogen) atoms. The zero-order valence-electron chi connectivity index (χ0n) is 17.1. The first-order chi connectivity index (χ1) is 14.8. The average molecular weight is 508 g/mol. The summed E-state index contributed by atoms with van der Waals surface area (Å²) >= 11 is 9.69. The van der Waals surface area contributed by atoms with E-state index in [-0.39, 0.29) is 10.6 Å². The maximum absolute atomic E-state index is 13.1. The minimum atomic E-state index is -0.808. The molecule has 1 aliphatic rings. The summed E-state index contributed by atoms with van der Waals surface area (Å²) < 4.78 is 11.9. The second kappa shape index (κ2) is 9.53. The average Bonchev–Trinajstić information content (AvgIpc) is 2.69. The molecule has 0 atom stereocenters. The lowest BCUT2D eigenvalue weighted by atomic mass is 10.1. The molecule has 1 N–H and O–H groups in total. The lowest BCUT2D eigenvalue weighted by Gasteiger charge is -2.27. The van der Waals surface area contributed by atoms with Gasteiger partial charge in [0, 0.05) is 4.47 Å². The molecular formula is C22H20BrClN2O5. The number of ether oxygens (including phenoxy) is 2. The topological polar surface area (TPSA) is 84.9 Å². The Morgan fingerprint density at radius 1 is 1.10 bits per heavy atom. The fraction of sp³-hybridized carbons (Fsp3) is 0.227. The summed E-state index contributed by atoms with van der Waals surface area (Å²) in [5, 5.41) is 2.49. The zero-order valence-corrected chi connectivity index (χ0v) is 19.5. The molecule has 0 aromatic heterocycles.